The van der Waals surface area contributed by atoms with Crippen LogP contribution in [0.1, 0.15) is 5.56 Å². The maximum Gasteiger partial charge on any atom is 0.137 e. The Kier molecular flexibility index (Phi) is 3.50. The molecule has 96 valence electrons. The molecule has 0 aliphatic rings. The summed E-state index contributed by atoms with van der Waals surface area (Å²) in [6, 6.07) is 12.2. The van der Waals surface area contributed by atoms with Crippen LogP contribution < -0.4 is 5.73 Å². The molecule has 3 nitrogen and oxygen atoms in total. The lowest BCUT2D eigenvalue weighted by Gasteiger charge is -2.00. The zero-order valence-corrected chi connectivity index (χ0v) is 12.5. The molecular formula is C14H12BrN3S. The number of nitrogens with one attached hydrogen (secondary N) is 1. The maximum atomic E-state index is 5.66. The molecule has 2 aromatic heterocycles. The highest BCUT2D eigenvalue weighted by Crippen LogP contribution is 2.31. The lowest BCUT2D eigenvalue weighted by Crippen LogP contribution is -1.96. The molecule has 0 radical (unpaired) electrons. The van der Waals surface area contributed by atoms with Gasteiger partial charge in [0.05, 0.1) is 20.6 Å². The maximum absolute atomic E-state index is 5.66. The van der Waals surface area contributed by atoms with Crippen molar-refractivity contribution in [2.24, 2.45) is 5.73 Å². The fourth-order valence-corrected chi connectivity index (χ4v) is 3.25. The minimum Gasteiger partial charge on any atom is -0.337 e. The van der Waals surface area contributed by atoms with Crippen molar-refractivity contribution in [1.82, 2.24) is 9.97 Å². The average molecular weight is 334 g/mol. The summed E-state index contributed by atoms with van der Waals surface area (Å²) in [6.07, 6.45) is 1.86. The molecule has 19 heavy (non-hydrogen) atoms. The summed E-state index contributed by atoms with van der Waals surface area (Å²) >= 11 is 5.15. The smallest absolute Gasteiger partial charge is 0.137 e. The molecule has 0 amide bonds. The van der Waals surface area contributed by atoms with Crippen LogP contribution in [-0.2, 0) is 6.54 Å². The van der Waals surface area contributed by atoms with E-state index in [2.05, 4.69) is 38.0 Å². The number of halogens is 1. The van der Waals surface area contributed by atoms with Gasteiger partial charge in [-0.1, -0.05) is 18.2 Å². The molecule has 0 atom stereocenters. The summed E-state index contributed by atoms with van der Waals surface area (Å²) in [5.41, 5.74) is 8.86. The van der Waals surface area contributed by atoms with Crippen LogP contribution in [0.15, 0.2) is 46.4 Å². The Morgan fingerprint density at radius 3 is 2.89 bits per heavy atom. The second-order valence-electron chi connectivity index (χ2n) is 4.15. The Balaban J connectivity index is 1.96. The zero-order valence-electron chi connectivity index (χ0n) is 10.1. The third-order valence-corrected chi connectivity index (χ3v) is 4.51. The van der Waals surface area contributed by atoms with E-state index in [1.807, 2.05) is 30.5 Å². The molecule has 2 heterocycles. The van der Waals surface area contributed by atoms with Gasteiger partial charge in [-0.2, -0.15) is 0 Å². The van der Waals surface area contributed by atoms with Gasteiger partial charge >= 0.3 is 0 Å². The van der Waals surface area contributed by atoms with Gasteiger partial charge in [-0.3, -0.25) is 0 Å². The van der Waals surface area contributed by atoms with Gasteiger partial charge in [-0.05, 0) is 39.7 Å². The summed E-state index contributed by atoms with van der Waals surface area (Å²) < 4.78 is 1.11. The first-order chi connectivity index (χ1) is 9.26. The van der Waals surface area contributed by atoms with Crippen LogP contribution in [0.5, 0.6) is 0 Å². The van der Waals surface area contributed by atoms with E-state index in [1.165, 1.54) is 4.88 Å². The Labute approximate surface area is 123 Å². The van der Waals surface area contributed by atoms with Crippen molar-refractivity contribution >= 4 is 27.3 Å². The van der Waals surface area contributed by atoms with Crippen molar-refractivity contribution in [2.75, 3.05) is 0 Å². The van der Waals surface area contributed by atoms with E-state index in [0.29, 0.717) is 6.54 Å². The van der Waals surface area contributed by atoms with E-state index in [1.54, 1.807) is 11.3 Å². The lowest BCUT2D eigenvalue weighted by molar-refractivity contribution is 1.07. The largest absolute Gasteiger partial charge is 0.337 e. The van der Waals surface area contributed by atoms with Gasteiger partial charge in [-0.15, -0.1) is 11.3 Å². The molecule has 3 N–H and O–H groups in total. The van der Waals surface area contributed by atoms with Crippen LogP contribution in [0, 0.1) is 0 Å². The van der Waals surface area contributed by atoms with Crippen molar-refractivity contribution in [3.05, 3.63) is 51.9 Å². The number of H-pyrrole nitrogens is 1. The Morgan fingerprint density at radius 2 is 2.16 bits per heavy atom. The first-order valence-electron chi connectivity index (χ1n) is 5.86. The van der Waals surface area contributed by atoms with Crippen LogP contribution in [-0.4, -0.2) is 9.97 Å². The van der Waals surface area contributed by atoms with Crippen molar-refractivity contribution in [3.63, 3.8) is 0 Å². The van der Waals surface area contributed by atoms with Gasteiger partial charge in [0.25, 0.3) is 0 Å². The van der Waals surface area contributed by atoms with Crippen molar-refractivity contribution < 1.29 is 0 Å². The van der Waals surface area contributed by atoms with Crippen molar-refractivity contribution in [3.8, 4) is 22.0 Å². The monoisotopic (exact) mass is 333 g/mol. The van der Waals surface area contributed by atoms with Crippen molar-refractivity contribution in [1.29, 1.82) is 0 Å². The summed E-state index contributed by atoms with van der Waals surface area (Å²) in [6.45, 7) is 0.541. The van der Waals surface area contributed by atoms with Gasteiger partial charge < -0.3 is 10.7 Å². The highest BCUT2D eigenvalue weighted by molar-refractivity contribution is 9.11. The van der Waals surface area contributed by atoms with E-state index in [0.717, 1.165) is 26.4 Å². The van der Waals surface area contributed by atoms with E-state index in [4.69, 9.17) is 5.73 Å². The number of benzene rings is 1. The third kappa shape index (κ3) is 2.63. The molecule has 0 bridgehead atoms. The molecule has 0 unspecified atom stereocenters. The molecule has 0 saturated heterocycles. The zero-order chi connectivity index (χ0) is 13.2. The van der Waals surface area contributed by atoms with Gasteiger partial charge in [-0.25, -0.2) is 4.98 Å². The predicted octanol–water partition coefficient (Wildman–Crippen LogP) is 4.03. The summed E-state index contributed by atoms with van der Waals surface area (Å²) in [5, 5.41) is 0. The van der Waals surface area contributed by atoms with Gasteiger partial charge in [0, 0.05) is 12.1 Å². The lowest BCUT2D eigenvalue weighted by atomic mass is 10.1. The number of hydrogen-bond donors (Lipinski definition) is 2. The summed E-state index contributed by atoms with van der Waals surface area (Å²) in [5.74, 6) is 0.870. The second kappa shape index (κ2) is 5.28. The quantitative estimate of drug-likeness (QED) is 0.760. The van der Waals surface area contributed by atoms with Gasteiger partial charge in [0.1, 0.15) is 5.82 Å². The highest BCUT2D eigenvalue weighted by Gasteiger charge is 2.07. The SMILES string of the molecule is NCc1cccc(-c2ncc(-c3ccc(Br)s3)[nH]2)c1. The highest BCUT2D eigenvalue weighted by atomic mass is 79.9. The number of hydrogen-bond acceptors (Lipinski definition) is 3. The van der Waals surface area contributed by atoms with E-state index < -0.39 is 0 Å². The minimum atomic E-state index is 0.541. The van der Waals surface area contributed by atoms with Crippen LogP contribution in [0.3, 0.4) is 0 Å². The first kappa shape index (κ1) is 12.6. The standard InChI is InChI=1S/C14H12BrN3S/c15-13-5-4-12(19-13)11-8-17-14(18-11)10-3-1-2-9(6-10)7-16/h1-6,8H,7,16H2,(H,17,18). The Bertz CT molecular complexity index is 702. The molecule has 0 aliphatic carbocycles. The number of nitrogens with two attached hydrogens (primary N) is 1. The number of aromatic nitrogens is 2. The number of imidazole rings is 1. The first-order valence-corrected chi connectivity index (χ1v) is 7.47. The van der Waals surface area contributed by atoms with Gasteiger partial charge in [0.2, 0.25) is 0 Å². The molecule has 0 spiro atoms. The van der Waals surface area contributed by atoms with Crippen molar-refractivity contribution in [2.45, 2.75) is 6.54 Å². The second-order valence-corrected chi connectivity index (χ2v) is 6.62. The summed E-state index contributed by atoms with van der Waals surface area (Å²) in [4.78, 5) is 8.96. The van der Waals surface area contributed by atoms with Crippen LogP contribution in [0.2, 0.25) is 0 Å². The van der Waals surface area contributed by atoms with E-state index >= 15 is 0 Å². The van der Waals surface area contributed by atoms with Gasteiger partial charge in [0.15, 0.2) is 0 Å². The molecular weight excluding hydrogens is 322 g/mol. The third-order valence-electron chi connectivity index (χ3n) is 2.85. The molecule has 1 aromatic carbocycles. The molecule has 5 heteroatoms. The fourth-order valence-electron chi connectivity index (χ4n) is 1.90. The Hall–Kier alpha value is -1.43. The molecule has 3 rings (SSSR count). The topological polar surface area (TPSA) is 54.7 Å². The fraction of sp³-hybridized carbons (Fsp3) is 0.0714. The molecule has 0 aliphatic heterocycles. The van der Waals surface area contributed by atoms with E-state index in [-0.39, 0.29) is 0 Å². The average Bonchev–Trinajstić information content (AvgIpc) is 3.07. The molecule has 3 aromatic rings. The molecule has 0 fully saturated rings. The number of nitrogens with zero attached hydrogens (tertiary/aromatic N) is 1. The normalized spacial score (nSPS) is 10.8. The summed E-state index contributed by atoms with van der Waals surface area (Å²) in [7, 11) is 0. The van der Waals surface area contributed by atoms with Crippen LogP contribution in [0.25, 0.3) is 22.0 Å². The van der Waals surface area contributed by atoms with Crippen LogP contribution >= 0.6 is 27.3 Å². The number of aromatic amines is 1. The molecule has 0 saturated carbocycles. The number of thiophene rings is 1. The van der Waals surface area contributed by atoms with E-state index in [9.17, 15) is 0 Å². The minimum absolute atomic E-state index is 0.541. The predicted molar refractivity (Wildman–Crippen MR) is 82.9 cm³/mol. The number of rotatable bonds is 3. The van der Waals surface area contributed by atoms with Crippen LogP contribution in [0.4, 0.5) is 0 Å². The Morgan fingerprint density at radius 1 is 1.26 bits per heavy atom.